The first-order valence-electron chi connectivity index (χ1n) is 12.6. The maximum absolute atomic E-state index is 13.3. The zero-order valence-corrected chi connectivity index (χ0v) is 21.5. The maximum atomic E-state index is 13.3. The number of aromatic nitrogens is 4. The predicted molar refractivity (Wildman–Crippen MR) is 134 cm³/mol. The number of hydrogen-bond donors (Lipinski definition) is 1. The van der Waals surface area contributed by atoms with Gasteiger partial charge < -0.3 is 9.47 Å². The summed E-state index contributed by atoms with van der Waals surface area (Å²) in [6, 6.07) is 9.51. The van der Waals surface area contributed by atoms with E-state index < -0.39 is 0 Å². The van der Waals surface area contributed by atoms with Crippen molar-refractivity contribution in [3.63, 3.8) is 0 Å². The van der Waals surface area contributed by atoms with Gasteiger partial charge in [0.1, 0.15) is 6.54 Å². The van der Waals surface area contributed by atoms with Crippen molar-refractivity contribution in [1.29, 1.82) is 5.41 Å². The summed E-state index contributed by atoms with van der Waals surface area (Å²) in [4.78, 5) is 13.3. The molecular formula is C27H37N5O3. The van der Waals surface area contributed by atoms with Crippen LogP contribution < -0.4 is 10.4 Å². The Kier molecular flexibility index (Phi) is 7.40. The minimum Gasteiger partial charge on any atom is -0.473 e. The molecule has 4 rings (SSSR count). The number of rotatable bonds is 11. The van der Waals surface area contributed by atoms with E-state index in [1.165, 1.54) is 22.0 Å². The molecule has 1 aliphatic rings. The SMILES string of the molecule is CCC(CC)Oc1ccc2nn(CC(=O)c3cc(COCC4CC4)cc(C(C)(C)C)c3)c(=N)n2n1. The number of fused-ring (bicyclic) bond motifs is 1. The molecular weight excluding hydrogens is 442 g/mol. The Labute approximate surface area is 206 Å². The van der Waals surface area contributed by atoms with Crippen molar-refractivity contribution in [2.75, 3.05) is 6.61 Å². The van der Waals surface area contributed by atoms with Crippen molar-refractivity contribution >= 4 is 11.4 Å². The standard InChI is InChI=1S/C27H37N5O3/c1-6-22(7-2)35-25-11-10-24-29-31(26(28)32(24)30-25)15-23(33)20-12-19(17-34-16-18-8-9-18)13-21(14-20)27(3,4)5/h10-14,18,22,28H,6-9,15-17H2,1-5H3. The van der Waals surface area contributed by atoms with Crippen LogP contribution in [0, 0.1) is 11.3 Å². The van der Waals surface area contributed by atoms with Gasteiger partial charge in [0.25, 0.3) is 0 Å². The zero-order valence-electron chi connectivity index (χ0n) is 21.5. The molecule has 3 aromatic rings. The summed E-state index contributed by atoms with van der Waals surface area (Å²) in [6.07, 6.45) is 4.33. The van der Waals surface area contributed by atoms with Gasteiger partial charge in [0.05, 0.1) is 12.7 Å². The zero-order chi connectivity index (χ0) is 25.2. The third-order valence-electron chi connectivity index (χ3n) is 6.45. The molecule has 1 fully saturated rings. The molecule has 0 aliphatic heterocycles. The van der Waals surface area contributed by atoms with E-state index in [0.717, 1.165) is 30.6 Å². The number of benzene rings is 1. The van der Waals surface area contributed by atoms with Gasteiger partial charge in [0.15, 0.2) is 11.4 Å². The van der Waals surface area contributed by atoms with Gasteiger partial charge in [-0.1, -0.05) is 40.7 Å². The van der Waals surface area contributed by atoms with E-state index in [4.69, 9.17) is 14.9 Å². The van der Waals surface area contributed by atoms with Gasteiger partial charge in [-0.25, -0.2) is 4.68 Å². The average molecular weight is 480 g/mol. The Balaban J connectivity index is 1.56. The summed E-state index contributed by atoms with van der Waals surface area (Å²) in [5.74, 6) is 1.04. The number of ketones is 1. The third-order valence-corrected chi connectivity index (χ3v) is 6.45. The number of carbonyl (C=O) groups is 1. The first-order valence-corrected chi connectivity index (χ1v) is 12.6. The predicted octanol–water partition coefficient (Wildman–Crippen LogP) is 4.68. The van der Waals surface area contributed by atoms with Crippen LogP contribution in [0.25, 0.3) is 5.65 Å². The maximum Gasteiger partial charge on any atom is 0.242 e. The van der Waals surface area contributed by atoms with Crippen molar-refractivity contribution in [3.8, 4) is 5.88 Å². The molecule has 8 heteroatoms. The van der Waals surface area contributed by atoms with Crippen molar-refractivity contribution in [1.82, 2.24) is 19.4 Å². The van der Waals surface area contributed by atoms with E-state index in [0.29, 0.717) is 29.6 Å². The van der Waals surface area contributed by atoms with E-state index in [-0.39, 0.29) is 29.5 Å². The van der Waals surface area contributed by atoms with Gasteiger partial charge in [-0.2, -0.15) is 4.52 Å². The molecule has 0 unspecified atom stereocenters. The molecule has 0 spiro atoms. The lowest BCUT2D eigenvalue weighted by Crippen LogP contribution is -2.27. The number of hydrogen-bond acceptors (Lipinski definition) is 6. The monoisotopic (exact) mass is 479 g/mol. The first-order chi connectivity index (χ1) is 16.7. The first kappa shape index (κ1) is 25.1. The summed E-state index contributed by atoms with van der Waals surface area (Å²) < 4.78 is 14.6. The molecule has 1 aliphatic carbocycles. The normalized spacial score (nSPS) is 14.1. The summed E-state index contributed by atoms with van der Waals surface area (Å²) in [5.41, 5.74) is 3.12. The fraction of sp³-hybridized carbons (Fsp3) is 0.556. The fourth-order valence-corrected chi connectivity index (χ4v) is 3.94. The van der Waals surface area contributed by atoms with Crippen LogP contribution in [-0.2, 0) is 23.3 Å². The Hall–Kier alpha value is -3.00. The molecule has 35 heavy (non-hydrogen) atoms. The van der Waals surface area contributed by atoms with E-state index in [2.05, 4.69) is 50.9 Å². The van der Waals surface area contributed by atoms with Crippen molar-refractivity contribution in [2.45, 2.75) is 85.0 Å². The number of nitrogens with one attached hydrogen (secondary N) is 1. The summed E-state index contributed by atoms with van der Waals surface area (Å²) >= 11 is 0. The Morgan fingerprint density at radius 2 is 1.89 bits per heavy atom. The molecule has 2 heterocycles. The minimum absolute atomic E-state index is 0.0308. The third kappa shape index (κ3) is 6.17. The van der Waals surface area contributed by atoms with Crippen molar-refractivity contribution < 1.29 is 14.3 Å². The number of ether oxygens (including phenoxy) is 2. The Bertz CT molecular complexity index is 1250. The van der Waals surface area contributed by atoms with Crippen LogP contribution in [0.3, 0.4) is 0 Å². The molecule has 0 saturated heterocycles. The molecule has 8 nitrogen and oxygen atoms in total. The van der Waals surface area contributed by atoms with Gasteiger partial charge in [0, 0.05) is 18.2 Å². The van der Waals surface area contributed by atoms with Crippen LogP contribution >= 0.6 is 0 Å². The fourth-order valence-electron chi connectivity index (χ4n) is 3.94. The van der Waals surface area contributed by atoms with Gasteiger partial charge in [-0.15, -0.1) is 10.2 Å². The molecule has 1 saturated carbocycles. The second-order valence-corrected chi connectivity index (χ2v) is 10.5. The highest BCUT2D eigenvalue weighted by Gasteiger charge is 2.22. The number of Topliss-reactive ketones (excluding diaryl/α,β-unsaturated/α-hetero) is 1. The minimum atomic E-state index is -0.104. The van der Waals surface area contributed by atoms with Crippen molar-refractivity contribution in [2.24, 2.45) is 5.92 Å². The molecule has 1 aromatic carbocycles. The van der Waals surface area contributed by atoms with E-state index >= 15 is 0 Å². The second kappa shape index (κ2) is 10.3. The summed E-state index contributed by atoms with van der Waals surface area (Å²) in [6.45, 7) is 11.8. The lowest BCUT2D eigenvalue weighted by molar-refractivity contribution is 0.0963. The Morgan fingerprint density at radius 1 is 1.14 bits per heavy atom. The van der Waals surface area contributed by atoms with Gasteiger partial charge >= 0.3 is 0 Å². The lowest BCUT2D eigenvalue weighted by Gasteiger charge is -2.21. The quantitative estimate of drug-likeness (QED) is 0.403. The van der Waals surface area contributed by atoms with E-state index in [1.54, 1.807) is 12.1 Å². The Morgan fingerprint density at radius 3 is 2.54 bits per heavy atom. The molecule has 188 valence electrons. The van der Waals surface area contributed by atoms with Gasteiger partial charge in [-0.3, -0.25) is 10.2 Å². The van der Waals surface area contributed by atoms with Crippen LogP contribution in [0.15, 0.2) is 30.3 Å². The van der Waals surface area contributed by atoms with Crippen LogP contribution in [0.2, 0.25) is 0 Å². The molecule has 0 atom stereocenters. The van der Waals surface area contributed by atoms with Gasteiger partial charge in [0.2, 0.25) is 11.5 Å². The highest BCUT2D eigenvalue weighted by atomic mass is 16.5. The summed E-state index contributed by atoms with van der Waals surface area (Å²) in [7, 11) is 0. The molecule has 0 amide bonds. The van der Waals surface area contributed by atoms with E-state index in [9.17, 15) is 4.79 Å². The average Bonchev–Trinajstić information content (AvgIpc) is 3.60. The van der Waals surface area contributed by atoms with Crippen LogP contribution in [0.4, 0.5) is 0 Å². The van der Waals surface area contributed by atoms with Gasteiger partial charge in [-0.05, 0) is 66.3 Å². The molecule has 0 bridgehead atoms. The molecule has 2 aromatic heterocycles. The lowest BCUT2D eigenvalue weighted by atomic mass is 9.84. The van der Waals surface area contributed by atoms with Crippen LogP contribution in [0.5, 0.6) is 5.88 Å². The van der Waals surface area contributed by atoms with Crippen molar-refractivity contribution in [3.05, 3.63) is 52.6 Å². The highest BCUT2D eigenvalue weighted by molar-refractivity contribution is 5.96. The van der Waals surface area contributed by atoms with E-state index in [1.807, 2.05) is 12.1 Å². The largest absolute Gasteiger partial charge is 0.473 e. The number of carbonyl (C=O) groups excluding carboxylic acids is 1. The number of nitrogens with zero attached hydrogens (tertiary/aromatic N) is 4. The smallest absolute Gasteiger partial charge is 0.242 e. The molecule has 1 N–H and O–H groups in total. The topological polar surface area (TPSA) is 94.5 Å². The highest BCUT2D eigenvalue weighted by Crippen LogP contribution is 2.30. The second-order valence-electron chi connectivity index (χ2n) is 10.5. The van der Waals surface area contributed by atoms with Crippen LogP contribution in [0.1, 0.15) is 81.8 Å². The van der Waals surface area contributed by atoms with Crippen LogP contribution in [-0.4, -0.2) is 37.9 Å². The summed E-state index contributed by atoms with van der Waals surface area (Å²) in [5, 5.41) is 17.4. The molecule has 0 radical (unpaired) electrons.